The number of nitrogens with one attached hydrogen (secondary N) is 1. The molecule has 1 N–H and O–H groups in total. The molecule has 0 spiro atoms. The van der Waals surface area contributed by atoms with Crippen LogP contribution in [0.3, 0.4) is 0 Å². The van der Waals surface area contributed by atoms with E-state index in [9.17, 15) is 14.0 Å². The number of amides is 1. The molecule has 0 bridgehead atoms. The van der Waals surface area contributed by atoms with Gasteiger partial charge in [-0.25, -0.2) is 9.18 Å². The molecule has 6 heteroatoms. The first-order valence-corrected chi connectivity index (χ1v) is 8.90. The van der Waals surface area contributed by atoms with Crippen LogP contribution in [0.25, 0.3) is 22.1 Å². The third-order valence-corrected chi connectivity index (χ3v) is 4.30. The molecule has 0 aliphatic carbocycles. The van der Waals surface area contributed by atoms with Crippen LogP contribution >= 0.6 is 0 Å². The molecular formula is C23H16FNO4. The van der Waals surface area contributed by atoms with Crippen molar-refractivity contribution < 1.29 is 18.3 Å². The summed E-state index contributed by atoms with van der Waals surface area (Å²) in [5.74, 6) is -0.386. The number of anilines is 1. The Morgan fingerprint density at radius 2 is 1.72 bits per heavy atom. The lowest BCUT2D eigenvalue weighted by molar-refractivity contribution is -0.118. The molecule has 0 unspecified atom stereocenters. The zero-order valence-corrected chi connectivity index (χ0v) is 15.2. The molecule has 0 atom stereocenters. The van der Waals surface area contributed by atoms with Gasteiger partial charge >= 0.3 is 5.63 Å². The summed E-state index contributed by atoms with van der Waals surface area (Å²) in [6, 6.07) is 21.5. The van der Waals surface area contributed by atoms with Gasteiger partial charge in [0.15, 0.2) is 6.61 Å². The number of hydrogen-bond donors (Lipinski definition) is 1. The zero-order chi connectivity index (χ0) is 20.2. The van der Waals surface area contributed by atoms with Crippen molar-refractivity contribution in [3.05, 3.63) is 95.1 Å². The predicted molar refractivity (Wildman–Crippen MR) is 108 cm³/mol. The summed E-state index contributed by atoms with van der Waals surface area (Å²) in [6.45, 7) is -0.245. The minimum atomic E-state index is -0.470. The minimum Gasteiger partial charge on any atom is -0.484 e. The van der Waals surface area contributed by atoms with Gasteiger partial charge in [0.05, 0.1) is 0 Å². The molecule has 0 saturated heterocycles. The molecule has 1 aromatic heterocycles. The summed E-state index contributed by atoms with van der Waals surface area (Å²) in [6.07, 6.45) is 0. The number of carbonyl (C=O) groups is 1. The van der Waals surface area contributed by atoms with E-state index in [-0.39, 0.29) is 12.4 Å². The largest absolute Gasteiger partial charge is 0.484 e. The van der Waals surface area contributed by atoms with Gasteiger partial charge in [-0.15, -0.1) is 0 Å². The maximum atomic E-state index is 12.9. The van der Waals surface area contributed by atoms with Crippen LogP contribution in [0.2, 0.25) is 0 Å². The fourth-order valence-corrected chi connectivity index (χ4v) is 2.97. The van der Waals surface area contributed by atoms with Crippen LogP contribution in [0.15, 0.2) is 88.1 Å². The summed E-state index contributed by atoms with van der Waals surface area (Å²) in [7, 11) is 0. The molecule has 0 aliphatic rings. The van der Waals surface area contributed by atoms with E-state index in [4.69, 9.17) is 9.15 Å². The number of benzene rings is 3. The second-order valence-corrected chi connectivity index (χ2v) is 6.35. The van der Waals surface area contributed by atoms with Crippen LogP contribution in [-0.4, -0.2) is 12.5 Å². The Balaban J connectivity index is 1.52. The van der Waals surface area contributed by atoms with Gasteiger partial charge in [-0.3, -0.25) is 4.79 Å². The molecule has 0 saturated carbocycles. The van der Waals surface area contributed by atoms with Crippen molar-refractivity contribution in [2.24, 2.45) is 0 Å². The van der Waals surface area contributed by atoms with Crippen molar-refractivity contribution in [1.82, 2.24) is 0 Å². The van der Waals surface area contributed by atoms with Crippen LogP contribution in [0, 0.1) is 5.82 Å². The van der Waals surface area contributed by atoms with Gasteiger partial charge in [-0.1, -0.05) is 30.3 Å². The van der Waals surface area contributed by atoms with Crippen molar-refractivity contribution in [2.45, 2.75) is 0 Å². The highest BCUT2D eigenvalue weighted by Gasteiger charge is 2.10. The summed E-state index contributed by atoms with van der Waals surface area (Å²) in [5.41, 5.74) is 2.03. The van der Waals surface area contributed by atoms with E-state index in [0.29, 0.717) is 17.0 Å². The van der Waals surface area contributed by atoms with Gasteiger partial charge in [-0.2, -0.15) is 0 Å². The number of carbonyl (C=O) groups excluding carboxylic acids is 1. The normalized spacial score (nSPS) is 10.7. The van der Waals surface area contributed by atoms with Gasteiger partial charge in [0.25, 0.3) is 5.91 Å². The highest BCUT2D eigenvalue weighted by Crippen LogP contribution is 2.29. The Bertz CT molecular complexity index is 1220. The number of ether oxygens (including phenoxy) is 1. The Kier molecular flexibility index (Phi) is 5.07. The fraction of sp³-hybridized carbons (Fsp3) is 0.0435. The van der Waals surface area contributed by atoms with E-state index in [0.717, 1.165) is 16.5 Å². The smallest absolute Gasteiger partial charge is 0.336 e. The van der Waals surface area contributed by atoms with Crippen molar-refractivity contribution in [3.63, 3.8) is 0 Å². The zero-order valence-electron chi connectivity index (χ0n) is 15.2. The van der Waals surface area contributed by atoms with Crippen molar-refractivity contribution in [3.8, 4) is 16.9 Å². The van der Waals surface area contributed by atoms with Crippen LogP contribution in [0.4, 0.5) is 10.1 Å². The number of fused-ring (bicyclic) bond motifs is 1. The van der Waals surface area contributed by atoms with Gasteiger partial charge in [0, 0.05) is 23.2 Å². The summed E-state index contributed by atoms with van der Waals surface area (Å²) >= 11 is 0. The van der Waals surface area contributed by atoms with Crippen LogP contribution < -0.4 is 15.7 Å². The van der Waals surface area contributed by atoms with E-state index in [1.807, 2.05) is 30.3 Å². The number of rotatable bonds is 5. The molecule has 29 heavy (non-hydrogen) atoms. The molecule has 5 nitrogen and oxygen atoms in total. The van der Waals surface area contributed by atoms with E-state index < -0.39 is 11.5 Å². The monoisotopic (exact) mass is 389 g/mol. The van der Waals surface area contributed by atoms with Crippen molar-refractivity contribution in [2.75, 3.05) is 11.9 Å². The standard InChI is InChI=1S/C23H16FNO4/c24-16-6-8-17(9-7-16)25-22(26)14-28-18-10-11-19-20(15-4-2-1-3-5-15)13-23(27)29-21(19)12-18/h1-13H,14H2,(H,25,26). The SMILES string of the molecule is O=C(COc1ccc2c(-c3ccccc3)cc(=O)oc2c1)Nc1ccc(F)cc1. The van der Waals surface area contributed by atoms with E-state index in [1.165, 1.54) is 30.3 Å². The lowest BCUT2D eigenvalue weighted by atomic mass is 10.0. The second kappa shape index (κ2) is 7.98. The highest BCUT2D eigenvalue weighted by atomic mass is 19.1. The average molecular weight is 389 g/mol. The first kappa shape index (κ1) is 18.4. The highest BCUT2D eigenvalue weighted by molar-refractivity contribution is 5.94. The Labute approximate surface area is 165 Å². The molecule has 0 aliphatic heterocycles. The molecule has 3 aromatic carbocycles. The number of hydrogen-bond acceptors (Lipinski definition) is 4. The summed E-state index contributed by atoms with van der Waals surface area (Å²) in [5, 5.41) is 3.38. The van der Waals surface area contributed by atoms with Crippen LogP contribution in [0.5, 0.6) is 5.75 Å². The molecule has 4 rings (SSSR count). The van der Waals surface area contributed by atoms with Gasteiger partial charge in [0.1, 0.15) is 17.1 Å². The molecule has 0 radical (unpaired) electrons. The number of halogens is 1. The quantitative estimate of drug-likeness (QED) is 0.506. The molecular weight excluding hydrogens is 373 g/mol. The Morgan fingerprint density at radius 3 is 2.48 bits per heavy atom. The Morgan fingerprint density at radius 1 is 0.966 bits per heavy atom. The third-order valence-electron chi connectivity index (χ3n) is 4.30. The lowest BCUT2D eigenvalue weighted by Gasteiger charge is -2.09. The Hall–Kier alpha value is -3.93. The van der Waals surface area contributed by atoms with Crippen LogP contribution in [0.1, 0.15) is 0 Å². The molecule has 0 fully saturated rings. The van der Waals surface area contributed by atoms with E-state index >= 15 is 0 Å². The molecule has 4 aromatic rings. The van der Waals surface area contributed by atoms with E-state index in [2.05, 4.69) is 5.32 Å². The maximum absolute atomic E-state index is 12.9. The lowest BCUT2D eigenvalue weighted by Crippen LogP contribution is -2.20. The van der Waals surface area contributed by atoms with Crippen LogP contribution in [-0.2, 0) is 4.79 Å². The third kappa shape index (κ3) is 4.32. The summed E-state index contributed by atoms with van der Waals surface area (Å²) in [4.78, 5) is 24.0. The first-order valence-electron chi connectivity index (χ1n) is 8.90. The maximum Gasteiger partial charge on any atom is 0.336 e. The van der Waals surface area contributed by atoms with Gasteiger partial charge in [0.2, 0.25) is 0 Å². The predicted octanol–water partition coefficient (Wildman–Crippen LogP) is 4.62. The molecule has 144 valence electrons. The van der Waals surface area contributed by atoms with Gasteiger partial charge < -0.3 is 14.5 Å². The average Bonchev–Trinajstić information content (AvgIpc) is 2.73. The topological polar surface area (TPSA) is 68.5 Å². The molecule has 1 heterocycles. The van der Waals surface area contributed by atoms with E-state index in [1.54, 1.807) is 18.2 Å². The fourth-order valence-electron chi connectivity index (χ4n) is 2.97. The minimum absolute atomic E-state index is 0.245. The molecule has 1 amide bonds. The van der Waals surface area contributed by atoms with Gasteiger partial charge in [-0.05, 0) is 47.5 Å². The summed E-state index contributed by atoms with van der Waals surface area (Å²) < 4.78 is 23.7. The first-order chi connectivity index (χ1) is 14.1. The second-order valence-electron chi connectivity index (χ2n) is 6.35. The van der Waals surface area contributed by atoms with Crippen molar-refractivity contribution >= 4 is 22.6 Å². The van der Waals surface area contributed by atoms with Crippen molar-refractivity contribution in [1.29, 1.82) is 0 Å².